The highest BCUT2D eigenvalue weighted by Crippen LogP contribution is 2.37. The highest BCUT2D eigenvalue weighted by Gasteiger charge is 2.33. The third-order valence-electron chi connectivity index (χ3n) is 4.73. The van der Waals surface area contributed by atoms with E-state index >= 15 is 0 Å². The van der Waals surface area contributed by atoms with Gasteiger partial charge in [-0.05, 0) is 18.4 Å². The van der Waals surface area contributed by atoms with E-state index in [-0.39, 0.29) is 30.3 Å². The van der Waals surface area contributed by atoms with E-state index in [1.54, 1.807) is 7.11 Å². The van der Waals surface area contributed by atoms with Gasteiger partial charge in [0.2, 0.25) is 5.91 Å². The maximum Gasteiger partial charge on any atom is 0.239 e. The van der Waals surface area contributed by atoms with Crippen molar-refractivity contribution in [2.45, 2.75) is 50.0 Å². The topological polar surface area (TPSA) is 64.3 Å². The van der Waals surface area contributed by atoms with E-state index in [2.05, 4.69) is 29.6 Å². The van der Waals surface area contributed by atoms with Gasteiger partial charge in [0.25, 0.3) is 0 Å². The Hall–Kier alpha value is -1.10. The summed E-state index contributed by atoms with van der Waals surface area (Å²) < 4.78 is 4.96. The molecule has 1 aromatic carbocycles. The first kappa shape index (κ1) is 19.9. The van der Waals surface area contributed by atoms with Gasteiger partial charge in [0.05, 0.1) is 6.61 Å². The second-order valence-corrected chi connectivity index (χ2v) is 6.34. The van der Waals surface area contributed by atoms with Gasteiger partial charge in [-0.3, -0.25) is 4.79 Å². The largest absolute Gasteiger partial charge is 0.383 e. The number of carbonyl (C=O) groups is 1. The number of benzene rings is 1. The third-order valence-corrected chi connectivity index (χ3v) is 4.73. The lowest BCUT2D eigenvalue weighted by Gasteiger charge is -2.34. The van der Waals surface area contributed by atoms with Crippen molar-refractivity contribution >= 4 is 18.3 Å². The van der Waals surface area contributed by atoms with E-state index in [1.165, 1.54) is 31.2 Å². The third kappa shape index (κ3) is 5.48. The number of amides is 1. The van der Waals surface area contributed by atoms with Crippen molar-refractivity contribution in [2.24, 2.45) is 5.73 Å². The Bertz CT molecular complexity index is 459. The molecule has 0 radical (unpaired) electrons. The molecule has 4 nitrogen and oxygen atoms in total. The molecule has 0 aliphatic heterocycles. The Labute approximate surface area is 145 Å². The van der Waals surface area contributed by atoms with Gasteiger partial charge >= 0.3 is 0 Å². The number of nitrogens with two attached hydrogens (primary N) is 1. The van der Waals surface area contributed by atoms with E-state index in [0.29, 0.717) is 6.54 Å². The van der Waals surface area contributed by atoms with Gasteiger partial charge in [0.15, 0.2) is 0 Å². The summed E-state index contributed by atoms with van der Waals surface area (Å²) in [4.78, 5) is 12.1. The van der Waals surface area contributed by atoms with Crippen LogP contribution in [-0.4, -0.2) is 32.2 Å². The summed E-state index contributed by atoms with van der Waals surface area (Å²) in [6.07, 6.45) is 7.24. The molecule has 23 heavy (non-hydrogen) atoms. The number of carbonyl (C=O) groups excluding carboxylic acids is 1. The van der Waals surface area contributed by atoms with Crippen LogP contribution in [0.5, 0.6) is 0 Å². The summed E-state index contributed by atoms with van der Waals surface area (Å²) in [6.45, 7) is 0.914. The molecule has 1 atom stereocenters. The smallest absolute Gasteiger partial charge is 0.239 e. The summed E-state index contributed by atoms with van der Waals surface area (Å²) in [5.41, 5.74) is 7.19. The molecule has 3 N–H and O–H groups in total. The van der Waals surface area contributed by atoms with Crippen LogP contribution < -0.4 is 11.1 Å². The summed E-state index contributed by atoms with van der Waals surface area (Å²) in [7, 11) is 1.56. The molecule has 1 saturated carbocycles. The fraction of sp³-hybridized carbons (Fsp3) is 0.611. The molecule has 0 aromatic heterocycles. The van der Waals surface area contributed by atoms with Crippen molar-refractivity contribution in [1.29, 1.82) is 0 Å². The fourth-order valence-corrected chi connectivity index (χ4v) is 3.41. The number of halogens is 1. The predicted octanol–water partition coefficient (Wildman–Crippen LogP) is 2.79. The molecule has 0 heterocycles. The van der Waals surface area contributed by atoms with Gasteiger partial charge in [-0.15, -0.1) is 12.4 Å². The predicted molar refractivity (Wildman–Crippen MR) is 95.9 cm³/mol. The number of ether oxygens (including phenoxy) is 1. The standard InChI is InChI=1S/C18H28N2O2.ClH/c1-22-13-16(19)17(21)20-14-18(11-7-2-3-8-12-18)15-9-5-4-6-10-15;/h4-6,9-10,16H,2-3,7-8,11-14,19H2,1H3,(H,20,21);1H. The molecule has 0 bridgehead atoms. The highest BCUT2D eigenvalue weighted by atomic mass is 35.5. The first-order chi connectivity index (χ1) is 10.7. The van der Waals surface area contributed by atoms with Crippen molar-refractivity contribution in [1.82, 2.24) is 5.32 Å². The SMILES string of the molecule is COCC(N)C(=O)NCC1(c2ccccc2)CCCCCC1.Cl. The monoisotopic (exact) mass is 340 g/mol. The quantitative estimate of drug-likeness (QED) is 0.783. The zero-order valence-electron chi connectivity index (χ0n) is 13.9. The molecule has 5 heteroatoms. The Kier molecular flexibility index (Phi) is 8.59. The lowest BCUT2D eigenvalue weighted by Crippen LogP contribution is -2.48. The van der Waals surface area contributed by atoms with Crippen molar-refractivity contribution in [3.05, 3.63) is 35.9 Å². The minimum atomic E-state index is -0.594. The van der Waals surface area contributed by atoms with E-state index in [1.807, 2.05) is 6.07 Å². The van der Waals surface area contributed by atoms with Gasteiger partial charge in [0, 0.05) is 19.1 Å². The van der Waals surface area contributed by atoms with Crippen molar-refractivity contribution in [3.63, 3.8) is 0 Å². The molecule has 1 aliphatic carbocycles. The van der Waals surface area contributed by atoms with E-state index in [4.69, 9.17) is 10.5 Å². The number of hydrogen-bond donors (Lipinski definition) is 2. The van der Waals surface area contributed by atoms with Crippen LogP contribution in [0.2, 0.25) is 0 Å². The van der Waals surface area contributed by atoms with Gasteiger partial charge in [0.1, 0.15) is 6.04 Å². The Morgan fingerprint density at radius 3 is 2.39 bits per heavy atom. The molecule has 2 rings (SSSR count). The molecule has 1 amide bonds. The minimum absolute atomic E-state index is 0. The summed E-state index contributed by atoms with van der Waals surface area (Å²) in [6, 6.07) is 9.99. The van der Waals surface area contributed by atoms with E-state index in [9.17, 15) is 4.79 Å². The van der Waals surface area contributed by atoms with Crippen LogP contribution in [0.15, 0.2) is 30.3 Å². The van der Waals surface area contributed by atoms with Crippen LogP contribution in [0.1, 0.15) is 44.1 Å². The van der Waals surface area contributed by atoms with Crippen molar-refractivity contribution in [2.75, 3.05) is 20.3 Å². The molecule has 130 valence electrons. The van der Waals surface area contributed by atoms with Crippen LogP contribution in [0, 0.1) is 0 Å². The zero-order chi connectivity index (χ0) is 15.8. The maximum atomic E-state index is 12.1. The Morgan fingerprint density at radius 2 is 1.83 bits per heavy atom. The molecule has 0 spiro atoms. The fourth-order valence-electron chi connectivity index (χ4n) is 3.41. The average Bonchev–Trinajstić information content (AvgIpc) is 2.80. The summed E-state index contributed by atoms with van der Waals surface area (Å²) >= 11 is 0. The highest BCUT2D eigenvalue weighted by molar-refractivity contribution is 5.85. The molecule has 1 unspecified atom stereocenters. The van der Waals surface area contributed by atoms with E-state index < -0.39 is 6.04 Å². The first-order valence-corrected chi connectivity index (χ1v) is 8.26. The maximum absolute atomic E-state index is 12.1. The number of hydrogen-bond acceptors (Lipinski definition) is 3. The first-order valence-electron chi connectivity index (χ1n) is 8.26. The molecular weight excluding hydrogens is 312 g/mol. The minimum Gasteiger partial charge on any atom is -0.383 e. The van der Waals surface area contributed by atoms with Crippen LogP contribution in [0.3, 0.4) is 0 Å². The van der Waals surface area contributed by atoms with Crippen LogP contribution in [0.25, 0.3) is 0 Å². The number of nitrogens with one attached hydrogen (secondary N) is 1. The Balaban J connectivity index is 0.00000264. The van der Waals surface area contributed by atoms with Crippen molar-refractivity contribution in [3.8, 4) is 0 Å². The van der Waals surface area contributed by atoms with Gasteiger partial charge < -0.3 is 15.8 Å². The molecule has 1 fully saturated rings. The van der Waals surface area contributed by atoms with Gasteiger partial charge in [-0.1, -0.05) is 56.0 Å². The van der Waals surface area contributed by atoms with Crippen molar-refractivity contribution < 1.29 is 9.53 Å². The lowest BCUT2D eigenvalue weighted by atomic mass is 9.74. The number of rotatable bonds is 6. The molecule has 1 aliphatic rings. The summed E-state index contributed by atoms with van der Waals surface area (Å²) in [5, 5.41) is 3.06. The zero-order valence-corrected chi connectivity index (χ0v) is 14.7. The second-order valence-electron chi connectivity index (χ2n) is 6.34. The van der Waals surface area contributed by atoms with E-state index in [0.717, 1.165) is 12.8 Å². The molecular formula is C18H29ClN2O2. The van der Waals surface area contributed by atoms with Crippen LogP contribution in [-0.2, 0) is 14.9 Å². The second kappa shape index (κ2) is 9.91. The van der Waals surface area contributed by atoms with Crippen LogP contribution >= 0.6 is 12.4 Å². The van der Waals surface area contributed by atoms with Gasteiger partial charge in [-0.2, -0.15) is 0 Å². The summed E-state index contributed by atoms with van der Waals surface area (Å²) in [5.74, 6) is -0.124. The Morgan fingerprint density at radius 1 is 1.22 bits per heavy atom. The normalized spacial score (nSPS) is 18.3. The number of methoxy groups -OCH3 is 1. The van der Waals surface area contributed by atoms with Gasteiger partial charge in [-0.25, -0.2) is 0 Å². The van der Waals surface area contributed by atoms with Crippen LogP contribution in [0.4, 0.5) is 0 Å². The molecule has 1 aromatic rings. The average molecular weight is 341 g/mol. The lowest BCUT2D eigenvalue weighted by molar-refractivity contribution is -0.123. The molecule has 0 saturated heterocycles.